The van der Waals surface area contributed by atoms with E-state index in [4.69, 9.17) is 4.74 Å². The summed E-state index contributed by atoms with van der Waals surface area (Å²) in [4.78, 5) is 0. The maximum atomic E-state index is 13.2. The van der Waals surface area contributed by atoms with Crippen molar-refractivity contribution in [1.29, 1.82) is 0 Å². The predicted molar refractivity (Wildman–Crippen MR) is 54.5 cm³/mol. The molecule has 15 heavy (non-hydrogen) atoms. The van der Waals surface area contributed by atoms with Gasteiger partial charge in [-0.3, -0.25) is 0 Å². The van der Waals surface area contributed by atoms with Crippen LogP contribution in [-0.4, -0.2) is 19.8 Å². The van der Waals surface area contributed by atoms with Gasteiger partial charge in [0.25, 0.3) is 0 Å². The maximum Gasteiger partial charge on any atom is 0.130 e. The van der Waals surface area contributed by atoms with Crippen molar-refractivity contribution in [2.45, 2.75) is 19.5 Å². The molecule has 84 valence electrons. The Morgan fingerprint density at radius 3 is 2.47 bits per heavy atom. The molecule has 4 heteroatoms. The van der Waals surface area contributed by atoms with E-state index in [-0.39, 0.29) is 18.2 Å². The molecule has 0 aliphatic carbocycles. The van der Waals surface area contributed by atoms with Crippen LogP contribution in [0.3, 0.4) is 0 Å². The lowest BCUT2D eigenvalue weighted by atomic mass is 10.2. The van der Waals surface area contributed by atoms with Crippen LogP contribution in [0.15, 0.2) is 18.2 Å². The highest BCUT2D eigenvalue weighted by molar-refractivity contribution is 5.19. The van der Waals surface area contributed by atoms with Gasteiger partial charge in [0.1, 0.15) is 11.6 Å². The Kier molecular flexibility index (Phi) is 4.65. The molecule has 0 aromatic heterocycles. The fraction of sp³-hybridized carbons (Fsp3) is 0.455. The number of hydrogen-bond donors (Lipinski definition) is 1. The Balaban J connectivity index is 2.57. The fourth-order valence-corrected chi connectivity index (χ4v) is 1.29. The maximum absolute atomic E-state index is 13.2. The molecule has 0 aliphatic heterocycles. The van der Waals surface area contributed by atoms with Crippen molar-refractivity contribution in [3.05, 3.63) is 35.4 Å². The van der Waals surface area contributed by atoms with Gasteiger partial charge in [0.15, 0.2) is 0 Å². The molecule has 1 aromatic carbocycles. The van der Waals surface area contributed by atoms with E-state index in [0.717, 1.165) is 0 Å². The molecule has 0 saturated heterocycles. The first-order valence-corrected chi connectivity index (χ1v) is 4.80. The first-order valence-electron chi connectivity index (χ1n) is 4.80. The highest BCUT2D eigenvalue weighted by Gasteiger charge is 2.09. The standard InChI is InChI=1S/C11H15F2NO/c1-8(7-15-2)14-6-9-10(12)4-3-5-11(9)13/h3-5,8,14H,6-7H2,1-2H3. The van der Waals surface area contributed by atoms with Gasteiger partial charge in [-0.05, 0) is 19.1 Å². The lowest BCUT2D eigenvalue weighted by Gasteiger charge is -2.13. The van der Waals surface area contributed by atoms with Crippen LogP contribution in [0, 0.1) is 11.6 Å². The third kappa shape index (κ3) is 3.57. The van der Waals surface area contributed by atoms with Crippen molar-refractivity contribution < 1.29 is 13.5 Å². The average Bonchev–Trinajstić information content (AvgIpc) is 2.17. The lowest BCUT2D eigenvalue weighted by Crippen LogP contribution is -2.30. The van der Waals surface area contributed by atoms with Gasteiger partial charge >= 0.3 is 0 Å². The van der Waals surface area contributed by atoms with Crippen LogP contribution < -0.4 is 5.32 Å². The molecule has 0 amide bonds. The zero-order valence-electron chi connectivity index (χ0n) is 8.89. The molecule has 1 unspecified atom stereocenters. The van der Waals surface area contributed by atoms with E-state index >= 15 is 0 Å². The molecule has 0 bridgehead atoms. The number of benzene rings is 1. The number of ether oxygens (including phenoxy) is 1. The van der Waals surface area contributed by atoms with Crippen LogP contribution in [0.5, 0.6) is 0 Å². The number of nitrogens with one attached hydrogen (secondary N) is 1. The zero-order valence-corrected chi connectivity index (χ0v) is 8.89. The first-order chi connectivity index (χ1) is 7.15. The van der Waals surface area contributed by atoms with Crippen LogP contribution in [0.2, 0.25) is 0 Å². The van der Waals surface area contributed by atoms with Crippen LogP contribution in [0.25, 0.3) is 0 Å². The summed E-state index contributed by atoms with van der Waals surface area (Å²) in [6.07, 6.45) is 0. The molecule has 0 aliphatic rings. The van der Waals surface area contributed by atoms with Crippen molar-refractivity contribution in [3.8, 4) is 0 Å². The smallest absolute Gasteiger partial charge is 0.130 e. The molecule has 1 atom stereocenters. The van der Waals surface area contributed by atoms with Crippen molar-refractivity contribution >= 4 is 0 Å². The van der Waals surface area contributed by atoms with E-state index < -0.39 is 11.6 Å². The summed E-state index contributed by atoms with van der Waals surface area (Å²) >= 11 is 0. The third-order valence-electron chi connectivity index (χ3n) is 2.11. The summed E-state index contributed by atoms with van der Waals surface area (Å²) < 4.78 is 31.3. The molecular formula is C11H15F2NO. The Morgan fingerprint density at radius 2 is 1.93 bits per heavy atom. The van der Waals surface area contributed by atoms with E-state index in [0.29, 0.717) is 6.61 Å². The monoisotopic (exact) mass is 215 g/mol. The summed E-state index contributed by atoms with van der Waals surface area (Å²) in [6.45, 7) is 2.57. The first kappa shape index (κ1) is 12.1. The van der Waals surface area contributed by atoms with E-state index in [9.17, 15) is 8.78 Å². The van der Waals surface area contributed by atoms with Crippen molar-refractivity contribution in [2.75, 3.05) is 13.7 Å². The molecule has 0 radical (unpaired) electrons. The Hall–Kier alpha value is -1.00. The van der Waals surface area contributed by atoms with Crippen molar-refractivity contribution in [3.63, 3.8) is 0 Å². The molecule has 1 aromatic rings. The minimum atomic E-state index is -0.521. The van der Waals surface area contributed by atoms with Crippen molar-refractivity contribution in [1.82, 2.24) is 5.32 Å². The highest BCUT2D eigenvalue weighted by Crippen LogP contribution is 2.11. The number of methoxy groups -OCH3 is 1. The Bertz CT molecular complexity index is 297. The Morgan fingerprint density at radius 1 is 1.33 bits per heavy atom. The van der Waals surface area contributed by atoms with E-state index in [1.807, 2.05) is 6.92 Å². The molecule has 0 spiro atoms. The van der Waals surface area contributed by atoms with Crippen LogP contribution in [0.1, 0.15) is 12.5 Å². The summed E-state index contributed by atoms with van der Waals surface area (Å²) in [5, 5.41) is 2.98. The molecule has 1 N–H and O–H groups in total. The molecule has 2 nitrogen and oxygen atoms in total. The molecule has 1 rings (SSSR count). The lowest BCUT2D eigenvalue weighted by molar-refractivity contribution is 0.171. The second kappa shape index (κ2) is 5.78. The van der Waals surface area contributed by atoms with E-state index in [1.54, 1.807) is 7.11 Å². The second-order valence-electron chi connectivity index (χ2n) is 3.44. The average molecular weight is 215 g/mol. The third-order valence-corrected chi connectivity index (χ3v) is 2.11. The van der Waals surface area contributed by atoms with Crippen molar-refractivity contribution in [2.24, 2.45) is 0 Å². The molecular weight excluding hydrogens is 200 g/mol. The van der Waals surface area contributed by atoms with Gasteiger partial charge in [0, 0.05) is 25.3 Å². The van der Waals surface area contributed by atoms with E-state index in [1.165, 1.54) is 18.2 Å². The summed E-state index contributed by atoms with van der Waals surface area (Å²) in [5.74, 6) is -1.04. The van der Waals surface area contributed by atoms with Crippen LogP contribution in [0.4, 0.5) is 8.78 Å². The minimum absolute atomic E-state index is 0.0639. The van der Waals surface area contributed by atoms with Crippen LogP contribution in [-0.2, 0) is 11.3 Å². The number of rotatable bonds is 5. The van der Waals surface area contributed by atoms with Gasteiger partial charge in [-0.1, -0.05) is 6.07 Å². The van der Waals surface area contributed by atoms with Gasteiger partial charge < -0.3 is 10.1 Å². The van der Waals surface area contributed by atoms with Gasteiger partial charge in [0.05, 0.1) is 6.61 Å². The SMILES string of the molecule is COCC(C)NCc1c(F)cccc1F. The summed E-state index contributed by atoms with van der Waals surface area (Å²) in [6, 6.07) is 3.92. The summed E-state index contributed by atoms with van der Waals surface area (Å²) in [7, 11) is 1.59. The predicted octanol–water partition coefficient (Wildman–Crippen LogP) is 2.09. The number of halogens is 2. The molecule has 0 heterocycles. The normalized spacial score (nSPS) is 12.8. The zero-order chi connectivity index (χ0) is 11.3. The quantitative estimate of drug-likeness (QED) is 0.812. The fourth-order valence-electron chi connectivity index (χ4n) is 1.29. The summed E-state index contributed by atoms with van der Waals surface area (Å²) in [5.41, 5.74) is 0.0699. The van der Waals surface area contributed by atoms with Gasteiger partial charge in [0.2, 0.25) is 0 Å². The van der Waals surface area contributed by atoms with Gasteiger partial charge in [-0.2, -0.15) is 0 Å². The van der Waals surface area contributed by atoms with Gasteiger partial charge in [-0.15, -0.1) is 0 Å². The largest absolute Gasteiger partial charge is 0.383 e. The van der Waals surface area contributed by atoms with E-state index in [2.05, 4.69) is 5.32 Å². The van der Waals surface area contributed by atoms with Gasteiger partial charge in [-0.25, -0.2) is 8.78 Å². The Labute approximate surface area is 88.3 Å². The second-order valence-corrected chi connectivity index (χ2v) is 3.44. The highest BCUT2D eigenvalue weighted by atomic mass is 19.1. The topological polar surface area (TPSA) is 21.3 Å². The van der Waals surface area contributed by atoms with Crippen LogP contribution >= 0.6 is 0 Å². The number of hydrogen-bond acceptors (Lipinski definition) is 2. The molecule has 0 fully saturated rings. The molecule has 0 saturated carbocycles. The minimum Gasteiger partial charge on any atom is -0.383 e.